The molecule has 0 heterocycles. The van der Waals surface area contributed by atoms with E-state index in [0.29, 0.717) is 17.9 Å². The maximum absolute atomic E-state index is 11.2. The van der Waals surface area contributed by atoms with Crippen LogP contribution in [0.2, 0.25) is 0 Å². The number of benzene rings is 2. The van der Waals surface area contributed by atoms with Crippen LogP contribution < -0.4 is 4.74 Å². The van der Waals surface area contributed by atoms with Gasteiger partial charge in [-0.3, -0.25) is 4.79 Å². The van der Waals surface area contributed by atoms with Crippen LogP contribution >= 0.6 is 0 Å². The minimum absolute atomic E-state index is 0.0119. The second-order valence-corrected chi connectivity index (χ2v) is 4.04. The van der Waals surface area contributed by atoms with Crippen molar-refractivity contribution in [2.24, 2.45) is 0 Å². The molecule has 92 valence electrons. The SMILES string of the molecule is CC(=O)c1cccc(OCc2cccc(O)c2)c1. The van der Waals surface area contributed by atoms with Gasteiger partial charge in [-0.2, -0.15) is 0 Å². The fraction of sp³-hybridized carbons (Fsp3) is 0.133. The molecule has 3 heteroatoms. The van der Waals surface area contributed by atoms with Crippen molar-refractivity contribution in [2.75, 3.05) is 0 Å². The molecule has 0 atom stereocenters. The van der Waals surface area contributed by atoms with Gasteiger partial charge in [-0.1, -0.05) is 24.3 Å². The number of hydrogen-bond acceptors (Lipinski definition) is 3. The maximum Gasteiger partial charge on any atom is 0.159 e. The topological polar surface area (TPSA) is 46.5 Å². The number of carbonyl (C=O) groups excluding carboxylic acids is 1. The van der Waals surface area contributed by atoms with Crippen LogP contribution in [0.3, 0.4) is 0 Å². The summed E-state index contributed by atoms with van der Waals surface area (Å²) in [7, 11) is 0. The third-order valence-corrected chi connectivity index (χ3v) is 2.56. The van der Waals surface area contributed by atoms with Gasteiger partial charge in [-0.25, -0.2) is 0 Å². The zero-order chi connectivity index (χ0) is 13.0. The minimum atomic E-state index is 0.0119. The van der Waals surface area contributed by atoms with E-state index in [4.69, 9.17) is 4.74 Å². The van der Waals surface area contributed by atoms with Crippen LogP contribution in [0.25, 0.3) is 0 Å². The van der Waals surface area contributed by atoms with Gasteiger partial charge in [0.25, 0.3) is 0 Å². The van der Waals surface area contributed by atoms with Crippen molar-refractivity contribution in [3.05, 3.63) is 59.7 Å². The lowest BCUT2D eigenvalue weighted by Gasteiger charge is -2.07. The Morgan fingerprint density at radius 1 is 1.17 bits per heavy atom. The summed E-state index contributed by atoms with van der Waals surface area (Å²) in [6.07, 6.45) is 0. The third kappa shape index (κ3) is 3.10. The highest BCUT2D eigenvalue weighted by molar-refractivity contribution is 5.94. The maximum atomic E-state index is 11.2. The molecule has 0 bridgehead atoms. The van der Waals surface area contributed by atoms with Gasteiger partial charge in [-0.15, -0.1) is 0 Å². The molecule has 3 nitrogen and oxygen atoms in total. The first-order chi connectivity index (χ1) is 8.65. The van der Waals surface area contributed by atoms with E-state index < -0.39 is 0 Å². The van der Waals surface area contributed by atoms with Crippen molar-refractivity contribution in [2.45, 2.75) is 13.5 Å². The van der Waals surface area contributed by atoms with Gasteiger partial charge < -0.3 is 9.84 Å². The summed E-state index contributed by atoms with van der Waals surface area (Å²) in [5.41, 5.74) is 1.51. The molecule has 0 fully saturated rings. The molecule has 0 radical (unpaired) electrons. The van der Waals surface area contributed by atoms with E-state index in [-0.39, 0.29) is 11.5 Å². The first kappa shape index (κ1) is 12.2. The second kappa shape index (κ2) is 5.36. The van der Waals surface area contributed by atoms with Gasteiger partial charge in [0.2, 0.25) is 0 Å². The van der Waals surface area contributed by atoms with E-state index in [0.717, 1.165) is 5.56 Å². The van der Waals surface area contributed by atoms with Gasteiger partial charge in [0.05, 0.1) is 0 Å². The predicted molar refractivity (Wildman–Crippen MR) is 68.9 cm³/mol. The summed E-state index contributed by atoms with van der Waals surface area (Å²) in [4.78, 5) is 11.2. The quantitative estimate of drug-likeness (QED) is 0.837. The van der Waals surface area contributed by atoms with Crippen molar-refractivity contribution in [1.29, 1.82) is 0 Å². The number of phenolic OH excluding ortho intramolecular Hbond substituents is 1. The molecule has 0 aliphatic carbocycles. The molecule has 0 aliphatic heterocycles. The molecule has 2 aromatic rings. The van der Waals surface area contributed by atoms with Crippen LogP contribution in [0.4, 0.5) is 0 Å². The molecule has 2 aromatic carbocycles. The largest absolute Gasteiger partial charge is 0.508 e. The first-order valence-electron chi connectivity index (χ1n) is 5.67. The van der Waals surface area contributed by atoms with E-state index in [2.05, 4.69) is 0 Å². The lowest BCUT2D eigenvalue weighted by atomic mass is 10.1. The molecule has 0 unspecified atom stereocenters. The highest BCUT2D eigenvalue weighted by atomic mass is 16.5. The highest BCUT2D eigenvalue weighted by Crippen LogP contribution is 2.17. The van der Waals surface area contributed by atoms with E-state index in [1.54, 1.807) is 42.5 Å². The summed E-state index contributed by atoms with van der Waals surface area (Å²) in [5, 5.41) is 9.33. The van der Waals surface area contributed by atoms with Gasteiger partial charge in [0.15, 0.2) is 5.78 Å². The van der Waals surface area contributed by atoms with Crippen LogP contribution in [-0.4, -0.2) is 10.9 Å². The number of ketones is 1. The Labute approximate surface area is 106 Å². The molecule has 0 saturated heterocycles. The second-order valence-electron chi connectivity index (χ2n) is 4.04. The molecule has 0 aromatic heterocycles. The van der Waals surface area contributed by atoms with E-state index >= 15 is 0 Å². The molecule has 18 heavy (non-hydrogen) atoms. The number of phenols is 1. The number of Topliss-reactive ketones (excluding diaryl/α,β-unsaturated/α-hetero) is 1. The average molecular weight is 242 g/mol. The molecule has 0 amide bonds. The third-order valence-electron chi connectivity index (χ3n) is 2.56. The van der Waals surface area contributed by atoms with Crippen molar-refractivity contribution >= 4 is 5.78 Å². The normalized spacial score (nSPS) is 10.1. The van der Waals surface area contributed by atoms with Gasteiger partial charge >= 0.3 is 0 Å². The first-order valence-corrected chi connectivity index (χ1v) is 5.67. The molecule has 0 spiro atoms. The molecule has 2 rings (SSSR count). The molecule has 0 saturated carbocycles. The summed E-state index contributed by atoms with van der Waals surface area (Å²) in [6, 6.07) is 13.9. The Kier molecular flexibility index (Phi) is 3.63. The van der Waals surface area contributed by atoms with Crippen LogP contribution in [0, 0.1) is 0 Å². The van der Waals surface area contributed by atoms with Crippen LogP contribution in [0.15, 0.2) is 48.5 Å². The molecule has 0 aliphatic rings. The monoisotopic (exact) mass is 242 g/mol. The Balaban J connectivity index is 2.06. The van der Waals surface area contributed by atoms with E-state index in [1.807, 2.05) is 6.07 Å². The highest BCUT2D eigenvalue weighted by Gasteiger charge is 2.02. The lowest BCUT2D eigenvalue weighted by molar-refractivity contribution is 0.101. The van der Waals surface area contributed by atoms with E-state index in [9.17, 15) is 9.90 Å². The molecule has 1 N–H and O–H groups in total. The van der Waals surface area contributed by atoms with E-state index in [1.165, 1.54) is 6.92 Å². The van der Waals surface area contributed by atoms with Crippen molar-refractivity contribution in [3.63, 3.8) is 0 Å². The number of rotatable bonds is 4. The van der Waals surface area contributed by atoms with Gasteiger partial charge in [0, 0.05) is 5.56 Å². The zero-order valence-corrected chi connectivity index (χ0v) is 10.1. The average Bonchev–Trinajstić information content (AvgIpc) is 2.37. The summed E-state index contributed by atoms with van der Waals surface area (Å²) >= 11 is 0. The number of hydrogen-bond donors (Lipinski definition) is 1. The van der Waals surface area contributed by atoms with Crippen molar-refractivity contribution in [3.8, 4) is 11.5 Å². The Morgan fingerprint density at radius 2 is 1.94 bits per heavy atom. The summed E-state index contributed by atoms with van der Waals surface area (Å²) in [6.45, 7) is 1.88. The minimum Gasteiger partial charge on any atom is -0.508 e. The Morgan fingerprint density at radius 3 is 2.67 bits per heavy atom. The van der Waals surface area contributed by atoms with Crippen LogP contribution in [0.1, 0.15) is 22.8 Å². The van der Waals surface area contributed by atoms with Gasteiger partial charge in [-0.05, 0) is 36.8 Å². The number of aromatic hydroxyl groups is 1. The number of ether oxygens (including phenoxy) is 1. The Hall–Kier alpha value is -2.29. The smallest absolute Gasteiger partial charge is 0.159 e. The van der Waals surface area contributed by atoms with Crippen molar-refractivity contribution < 1.29 is 14.6 Å². The Bertz CT molecular complexity index is 561. The summed E-state index contributed by atoms with van der Waals surface area (Å²) < 4.78 is 5.57. The lowest BCUT2D eigenvalue weighted by Crippen LogP contribution is -1.97. The van der Waals surface area contributed by atoms with Crippen LogP contribution in [-0.2, 0) is 6.61 Å². The number of carbonyl (C=O) groups is 1. The fourth-order valence-electron chi connectivity index (χ4n) is 1.62. The zero-order valence-electron chi connectivity index (χ0n) is 10.1. The van der Waals surface area contributed by atoms with Crippen molar-refractivity contribution in [1.82, 2.24) is 0 Å². The summed E-state index contributed by atoms with van der Waals surface area (Å²) in [5.74, 6) is 0.873. The van der Waals surface area contributed by atoms with Gasteiger partial charge in [0.1, 0.15) is 18.1 Å². The fourth-order valence-corrected chi connectivity index (χ4v) is 1.62. The standard InChI is InChI=1S/C15H14O3/c1-11(16)13-5-3-7-15(9-13)18-10-12-4-2-6-14(17)8-12/h2-9,17H,10H2,1H3. The molecular weight excluding hydrogens is 228 g/mol. The predicted octanol–water partition coefficient (Wildman–Crippen LogP) is 3.17. The molecular formula is C15H14O3. The van der Waals surface area contributed by atoms with Crippen LogP contribution in [0.5, 0.6) is 11.5 Å².